The van der Waals surface area contributed by atoms with Crippen LogP contribution in [-0.2, 0) is 0 Å². The van der Waals surface area contributed by atoms with Gasteiger partial charge in [0.25, 0.3) is 0 Å². The summed E-state index contributed by atoms with van der Waals surface area (Å²) in [7, 11) is 2.14. The third kappa shape index (κ3) is 4.20. The second-order valence-corrected chi connectivity index (χ2v) is 5.77. The number of aliphatic hydroxyl groups excluding tert-OH is 1. The van der Waals surface area contributed by atoms with Crippen LogP contribution in [0.4, 0.5) is 0 Å². The summed E-state index contributed by atoms with van der Waals surface area (Å²) in [5, 5.41) is 10.1. The number of benzene rings is 1. The molecule has 1 atom stereocenters. The van der Waals surface area contributed by atoms with Crippen molar-refractivity contribution >= 4 is 0 Å². The van der Waals surface area contributed by atoms with E-state index in [0.29, 0.717) is 13.2 Å². The second-order valence-electron chi connectivity index (χ2n) is 5.77. The Hall–Kier alpha value is -1.10. The molecule has 112 valence electrons. The van der Waals surface area contributed by atoms with Crippen molar-refractivity contribution < 1.29 is 9.84 Å². The van der Waals surface area contributed by atoms with Crippen molar-refractivity contribution in [2.45, 2.75) is 20.0 Å². The minimum atomic E-state index is -0.432. The topological polar surface area (TPSA) is 35.9 Å². The van der Waals surface area contributed by atoms with Crippen LogP contribution in [0.5, 0.6) is 5.75 Å². The number of hydrogen-bond acceptors (Lipinski definition) is 4. The SMILES string of the molecule is Cc1cccc(OC[C@H](O)CN2CCN(C)CC2)c1C. The fourth-order valence-electron chi connectivity index (χ4n) is 2.45. The summed E-state index contributed by atoms with van der Waals surface area (Å²) in [6.07, 6.45) is -0.432. The van der Waals surface area contributed by atoms with Crippen molar-refractivity contribution in [1.82, 2.24) is 9.80 Å². The van der Waals surface area contributed by atoms with Crippen LogP contribution in [-0.4, -0.2) is 67.4 Å². The van der Waals surface area contributed by atoms with Crippen LogP contribution in [0.1, 0.15) is 11.1 Å². The summed E-state index contributed by atoms with van der Waals surface area (Å²) in [6, 6.07) is 6.03. The van der Waals surface area contributed by atoms with Crippen LogP contribution in [0.2, 0.25) is 0 Å². The van der Waals surface area contributed by atoms with Crippen molar-refractivity contribution in [2.75, 3.05) is 46.4 Å². The average Bonchev–Trinajstić information content (AvgIpc) is 2.43. The molecule has 2 rings (SSSR count). The highest BCUT2D eigenvalue weighted by Gasteiger charge is 2.17. The molecule has 1 fully saturated rings. The molecule has 1 aliphatic rings. The van der Waals surface area contributed by atoms with Gasteiger partial charge in [0.05, 0.1) is 0 Å². The monoisotopic (exact) mass is 278 g/mol. The van der Waals surface area contributed by atoms with Gasteiger partial charge in [-0.05, 0) is 38.1 Å². The van der Waals surface area contributed by atoms with Crippen LogP contribution in [0.15, 0.2) is 18.2 Å². The summed E-state index contributed by atoms with van der Waals surface area (Å²) >= 11 is 0. The Labute approximate surface area is 122 Å². The summed E-state index contributed by atoms with van der Waals surface area (Å²) in [4.78, 5) is 4.62. The predicted octanol–water partition coefficient (Wildman–Crippen LogP) is 1.29. The summed E-state index contributed by atoms with van der Waals surface area (Å²) in [6.45, 7) is 9.37. The van der Waals surface area contributed by atoms with E-state index in [4.69, 9.17) is 4.74 Å². The summed E-state index contributed by atoms with van der Waals surface area (Å²) in [5.41, 5.74) is 2.37. The lowest BCUT2D eigenvalue weighted by atomic mass is 10.1. The largest absolute Gasteiger partial charge is 0.491 e. The van der Waals surface area contributed by atoms with E-state index in [1.165, 1.54) is 5.56 Å². The van der Waals surface area contributed by atoms with Crippen molar-refractivity contribution in [1.29, 1.82) is 0 Å². The second kappa shape index (κ2) is 7.07. The Kier molecular flexibility index (Phi) is 5.40. The van der Waals surface area contributed by atoms with E-state index < -0.39 is 6.10 Å². The minimum absolute atomic E-state index is 0.358. The zero-order valence-electron chi connectivity index (χ0n) is 12.8. The standard InChI is InChI=1S/C16H26N2O2/c1-13-5-4-6-16(14(13)2)20-12-15(19)11-18-9-7-17(3)8-10-18/h4-6,15,19H,7-12H2,1-3H3/t15-/m1/s1. The van der Waals surface area contributed by atoms with Gasteiger partial charge in [0.2, 0.25) is 0 Å². The summed E-state index contributed by atoms with van der Waals surface area (Å²) < 4.78 is 5.75. The lowest BCUT2D eigenvalue weighted by Crippen LogP contribution is -2.47. The zero-order chi connectivity index (χ0) is 14.5. The molecule has 4 heteroatoms. The number of aryl methyl sites for hydroxylation is 1. The molecule has 1 aromatic carbocycles. The molecule has 0 saturated carbocycles. The van der Waals surface area contributed by atoms with E-state index in [1.807, 2.05) is 12.1 Å². The molecule has 1 aromatic rings. The molecule has 1 saturated heterocycles. The molecule has 0 amide bonds. The highest BCUT2D eigenvalue weighted by molar-refractivity contribution is 5.38. The van der Waals surface area contributed by atoms with Crippen molar-refractivity contribution in [3.8, 4) is 5.75 Å². The molecule has 0 unspecified atom stereocenters. The van der Waals surface area contributed by atoms with E-state index in [2.05, 4.69) is 36.8 Å². The number of β-amino-alcohol motifs (C(OH)–C–C–N with tert-alkyl or cyclic N) is 1. The smallest absolute Gasteiger partial charge is 0.122 e. The Morgan fingerprint density at radius 3 is 2.60 bits per heavy atom. The van der Waals surface area contributed by atoms with Gasteiger partial charge in [0, 0.05) is 32.7 Å². The zero-order valence-corrected chi connectivity index (χ0v) is 12.8. The van der Waals surface area contributed by atoms with Gasteiger partial charge in [-0.3, -0.25) is 4.90 Å². The predicted molar refractivity (Wildman–Crippen MR) is 81.4 cm³/mol. The van der Waals surface area contributed by atoms with Crippen LogP contribution in [0.3, 0.4) is 0 Å². The first-order chi connectivity index (χ1) is 9.56. The van der Waals surface area contributed by atoms with Gasteiger partial charge in [-0.25, -0.2) is 0 Å². The first-order valence-electron chi connectivity index (χ1n) is 7.34. The Morgan fingerprint density at radius 2 is 1.90 bits per heavy atom. The van der Waals surface area contributed by atoms with Gasteiger partial charge in [0.15, 0.2) is 0 Å². The number of piperazine rings is 1. The number of hydrogen-bond donors (Lipinski definition) is 1. The Bertz CT molecular complexity index is 428. The van der Waals surface area contributed by atoms with Crippen molar-refractivity contribution in [2.24, 2.45) is 0 Å². The van der Waals surface area contributed by atoms with Gasteiger partial charge >= 0.3 is 0 Å². The first-order valence-corrected chi connectivity index (χ1v) is 7.34. The van der Waals surface area contributed by atoms with Crippen LogP contribution in [0, 0.1) is 13.8 Å². The van der Waals surface area contributed by atoms with Gasteiger partial charge < -0.3 is 14.7 Å². The average molecular weight is 278 g/mol. The van der Waals surface area contributed by atoms with Gasteiger partial charge in [-0.2, -0.15) is 0 Å². The quantitative estimate of drug-likeness (QED) is 0.880. The van der Waals surface area contributed by atoms with E-state index in [-0.39, 0.29) is 0 Å². The molecule has 1 aliphatic heterocycles. The molecule has 4 nitrogen and oxygen atoms in total. The molecule has 0 aromatic heterocycles. The lowest BCUT2D eigenvalue weighted by Gasteiger charge is -2.33. The molecular weight excluding hydrogens is 252 g/mol. The fourth-order valence-corrected chi connectivity index (χ4v) is 2.45. The molecule has 20 heavy (non-hydrogen) atoms. The molecule has 0 aliphatic carbocycles. The molecular formula is C16H26N2O2. The molecule has 1 N–H and O–H groups in total. The molecule has 0 radical (unpaired) electrons. The Balaban J connectivity index is 1.77. The molecule has 0 spiro atoms. The highest BCUT2D eigenvalue weighted by Crippen LogP contribution is 2.20. The van der Waals surface area contributed by atoms with E-state index in [9.17, 15) is 5.11 Å². The van der Waals surface area contributed by atoms with Gasteiger partial charge in [-0.1, -0.05) is 12.1 Å². The highest BCUT2D eigenvalue weighted by atomic mass is 16.5. The van der Waals surface area contributed by atoms with Gasteiger partial charge in [-0.15, -0.1) is 0 Å². The van der Waals surface area contributed by atoms with E-state index in [0.717, 1.165) is 37.5 Å². The summed E-state index contributed by atoms with van der Waals surface area (Å²) in [5.74, 6) is 0.877. The maximum Gasteiger partial charge on any atom is 0.122 e. The lowest BCUT2D eigenvalue weighted by molar-refractivity contribution is 0.0503. The molecule has 0 bridgehead atoms. The Morgan fingerprint density at radius 1 is 1.20 bits per heavy atom. The number of rotatable bonds is 5. The van der Waals surface area contributed by atoms with E-state index in [1.54, 1.807) is 0 Å². The van der Waals surface area contributed by atoms with Crippen LogP contribution < -0.4 is 4.74 Å². The normalized spacial score (nSPS) is 19.0. The number of nitrogens with zero attached hydrogens (tertiary/aromatic N) is 2. The van der Waals surface area contributed by atoms with Crippen molar-refractivity contribution in [3.63, 3.8) is 0 Å². The number of likely N-dealkylation sites (N-methyl/N-ethyl adjacent to an activating group) is 1. The first kappa shape index (κ1) is 15.3. The third-order valence-electron chi connectivity index (χ3n) is 4.05. The van der Waals surface area contributed by atoms with E-state index >= 15 is 0 Å². The van der Waals surface area contributed by atoms with Crippen LogP contribution in [0.25, 0.3) is 0 Å². The maximum atomic E-state index is 10.1. The minimum Gasteiger partial charge on any atom is -0.491 e. The maximum absolute atomic E-state index is 10.1. The third-order valence-corrected chi connectivity index (χ3v) is 4.05. The number of ether oxygens (including phenoxy) is 1. The molecule has 1 heterocycles. The van der Waals surface area contributed by atoms with Gasteiger partial charge in [0.1, 0.15) is 18.5 Å². The van der Waals surface area contributed by atoms with Crippen LogP contribution >= 0.6 is 0 Å². The fraction of sp³-hybridized carbons (Fsp3) is 0.625. The number of aliphatic hydroxyl groups is 1. The van der Waals surface area contributed by atoms with Crippen molar-refractivity contribution in [3.05, 3.63) is 29.3 Å².